The molecule has 0 fully saturated rings. The van der Waals surface area contributed by atoms with Crippen LogP contribution in [0.15, 0.2) is 29.4 Å². The highest BCUT2D eigenvalue weighted by Gasteiger charge is 1.80. The Morgan fingerprint density at radius 3 is 2.78 bits per heavy atom. The fraction of sp³-hybridized carbons (Fsp3) is 0.143. The maximum absolute atomic E-state index is 8.29. The van der Waals surface area contributed by atoms with Gasteiger partial charge in [0.15, 0.2) is 0 Å². The summed E-state index contributed by atoms with van der Waals surface area (Å²) in [6.45, 7) is 5.21. The first-order valence-electron chi connectivity index (χ1n) is 2.55. The molecule has 0 amide bonds. The van der Waals surface area contributed by atoms with Crippen LogP contribution in [0.1, 0.15) is 6.92 Å². The first-order chi connectivity index (χ1) is 4.35. The summed E-state index contributed by atoms with van der Waals surface area (Å²) in [4.78, 5) is 3.73. The van der Waals surface area contributed by atoms with Gasteiger partial charge in [0.05, 0.1) is 5.57 Å². The zero-order valence-electron chi connectivity index (χ0n) is 5.33. The van der Waals surface area contributed by atoms with Crippen molar-refractivity contribution in [2.24, 2.45) is 4.99 Å². The number of hydrogen-bond acceptors (Lipinski definition) is 2. The monoisotopic (exact) mass is 120 g/mol. The number of rotatable bonds is 2. The summed E-state index contributed by atoms with van der Waals surface area (Å²) in [5.74, 6) is 0. The van der Waals surface area contributed by atoms with Crippen molar-refractivity contribution in [1.82, 2.24) is 0 Å². The van der Waals surface area contributed by atoms with E-state index in [0.717, 1.165) is 0 Å². The largest absolute Gasteiger partial charge is 0.268 e. The molecule has 0 atom stereocenters. The summed E-state index contributed by atoms with van der Waals surface area (Å²) in [5, 5.41) is 8.29. The molecule has 0 radical (unpaired) electrons. The van der Waals surface area contributed by atoms with Gasteiger partial charge >= 0.3 is 0 Å². The number of nitriles is 1. The minimum atomic E-state index is 0.480. The quantitative estimate of drug-likeness (QED) is 0.310. The minimum absolute atomic E-state index is 0.480. The molecule has 0 heterocycles. The van der Waals surface area contributed by atoms with Gasteiger partial charge in [-0.3, -0.25) is 4.99 Å². The molecule has 0 N–H and O–H groups in total. The SMILES string of the molecule is C=C/C(C#N)=C\N=C\C. The molecule has 0 aromatic rings. The Morgan fingerprint density at radius 2 is 2.44 bits per heavy atom. The third kappa shape index (κ3) is 3.24. The molecular formula is C7H8N2. The summed E-state index contributed by atoms with van der Waals surface area (Å²) in [7, 11) is 0. The van der Waals surface area contributed by atoms with E-state index in [1.54, 1.807) is 13.1 Å². The zero-order chi connectivity index (χ0) is 7.11. The van der Waals surface area contributed by atoms with Crippen LogP contribution in [0, 0.1) is 11.3 Å². The molecule has 0 aliphatic carbocycles. The van der Waals surface area contributed by atoms with Gasteiger partial charge in [-0.1, -0.05) is 12.7 Å². The van der Waals surface area contributed by atoms with E-state index in [4.69, 9.17) is 5.26 Å². The second-order valence-electron chi connectivity index (χ2n) is 1.31. The van der Waals surface area contributed by atoms with E-state index in [9.17, 15) is 0 Å². The van der Waals surface area contributed by atoms with Crippen LogP contribution in [0.4, 0.5) is 0 Å². The minimum Gasteiger partial charge on any atom is -0.268 e. The molecule has 0 unspecified atom stereocenters. The Balaban J connectivity index is 4.12. The second kappa shape index (κ2) is 4.79. The summed E-state index contributed by atoms with van der Waals surface area (Å²) in [6, 6.07) is 1.92. The average molecular weight is 120 g/mol. The predicted octanol–water partition coefficient (Wildman–Crippen LogP) is 1.67. The van der Waals surface area contributed by atoms with E-state index in [2.05, 4.69) is 11.6 Å². The van der Waals surface area contributed by atoms with Crippen LogP contribution in [-0.4, -0.2) is 6.21 Å². The smallest absolute Gasteiger partial charge is 0.101 e. The highest BCUT2D eigenvalue weighted by atomic mass is 14.7. The van der Waals surface area contributed by atoms with Crippen molar-refractivity contribution in [2.45, 2.75) is 6.92 Å². The van der Waals surface area contributed by atoms with Gasteiger partial charge in [-0.25, -0.2) is 0 Å². The summed E-state index contributed by atoms with van der Waals surface area (Å²) in [6.07, 6.45) is 4.54. The van der Waals surface area contributed by atoms with Crippen molar-refractivity contribution in [1.29, 1.82) is 5.26 Å². The van der Waals surface area contributed by atoms with Gasteiger partial charge in [0.25, 0.3) is 0 Å². The van der Waals surface area contributed by atoms with E-state index in [1.807, 2.05) is 6.07 Å². The topological polar surface area (TPSA) is 36.1 Å². The molecule has 0 saturated heterocycles. The number of nitrogens with zero attached hydrogens (tertiary/aromatic N) is 2. The van der Waals surface area contributed by atoms with E-state index in [0.29, 0.717) is 5.57 Å². The van der Waals surface area contributed by atoms with Gasteiger partial charge < -0.3 is 0 Å². The van der Waals surface area contributed by atoms with Crippen molar-refractivity contribution in [3.8, 4) is 6.07 Å². The third-order valence-corrected chi connectivity index (χ3v) is 0.712. The Hall–Kier alpha value is -1.36. The molecule has 2 nitrogen and oxygen atoms in total. The third-order valence-electron chi connectivity index (χ3n) is 0.712. The van der Waals surface area contributed by atoms with Gasteiger partial charge in [-0.15, -0.1) is 0 Å². The van der Waals surface area contributed by atoms with Crippen molar-refractivity contribution < 1.29 is 0 Å². The number of hydrogen-bond donors (Lipinski definition) is 0. The van der Waals surface area contributed by atoms with Gasteiger partial charge in [-0.2, -0.15) is 5.26 Å². The van der Waals surface area contributed by atoms with E-state index in [-0.39, 0.29) is 0 Å². The summed E-state index contributed by atoms with van der Waals surface area (Å²) >= 11 is 0. The van der Waals surface area contributed by atoms with Crippen LogP contribution >= 0.6 is 0 Å². The summed E-state index contributed by atoms with van der Waals surface area (Å²) < 4.78 is 0. The van der Waals surface area contributed by atoms with Gasteiger partial charge in [0, 0.05) is 12.4 Å². The normalized spacial score (nSPS) is 11.3. The molecule has 0 aliphatic heterocycles. The molecule has 0 rings (SSSR count). The van der Waals surface area contributed by atoms with Crippen molar-refractivity contribution in [2.75, 3.05) is 0 Å². The fourth-order valence-electron chi connectivity index (χ4n) is 0.282. The number of allylic oxidation sites excluding steroid dienone is 2. The zero-order valence-corrected chi connectivity index (χ0v) is 5.33. The van der Waals surface area contributed by atoms with E-state index >= 15 is 0 Å². The van der Waals surface area contributed by atoms with E-state index < -0.39 is 0 Å². The molecule has 0 aromatic heterocycles. The van der Waals surface area contributed by atoms with Crippen LogP contribution < -0.4 is 0 Å². The lowest BCUT2D eigenvalue weighted by molar-refractivity contribution is 1.46. The highest BCUT2D eigenvalue weighted by Crippen LogP contribution is 1.91. The van der Waals surface area contributed by atoms with Crippen molar-refractivity contribution in [3.05, 3.63) is 24.4 Å². The molecule has 46 valence electrons. The van der Waals surface area contributed by atoms with Crippen LogP contribution in [-0.2, 0) is 0 Å². The lowest BCUT2D eigenvalue weighted by Gasteiger charge is -1.78. The van der Waals surface area contributed by atoms with Gasteiger partial charge in [0.2, 0.25) is 0 Å². The van der Waals surface area contributed by atoms with Crippen LogP contribution in [0.3, 0.4) is 0 Å². The molecule has 9 heavy (non-hydrogen) atoms. The van der Waals surface area contributed by atoms with E-state index in [1.165, 1.54) is 12.3 Å². The maximum Gasteiger partial charge on any atom is 0.101 e. The maximum atomic E-state index is 8.29. The van der Waals surface area contributed by atoms with Crippen molar-refractivity contribution >= 4 is 6.21 Å². The molecule has 2 heteroatoms. The predicted molar refractivity (Wildman–Crippen MR) is 38.1 cm³/mol. The highest BCUT2D eigenvalue weighted by molar-refractivity contribution is 5.54. The number of aliphatic imine (C=N–C) groups is 1. The lowest BCUT2D eigenvalue weighted by atomic mass is 10.3. The van der Waals surface area contributed by atoms with Gasteiger partial charge in [0.1, 0.15) is 6.07 Å². The molecule has 0 aliphatic rings. The first-order valence-corrected chi connectivity index (χ1v) is 2.55. The Bertz CT molecular complexity index is 182. The van der Waals surface area contributed by atoms with Crippen LogP contribution in [0.2, 0.25) is 0 Å². The molecule has 0 spiro atoms. The Morgan fingerprint density at radius 1 is 1.78 bits per heavy atom. The summed E-state index contributed by atoms with van der Waals surface area (Å²) in [5.41, 5.74) is 0.480. The molecule has 0 saturated carbocycles. The first kappa shape index (κ1) is 7.64. The Labute approximate surface area is 54.8 Å². The average Bonchev–Trinajstić information content (AvgIpc) is 1.91. The molecule has 0 bridgehead atoms. The second-order valence-corrected chi connectivity index (χ2v) is 1.31. The standard InChI is InChI=1S/C7H8N2/c1-3-7(5-8)6-9-4-2/h3-4,6H,1H2,2H3/b7-6+,9-4+. The van der Waals surface area contributed by atoms with Crippen molar-refractivity contribution in [3.63, 3.8) is 0 Å². The fourth-order valence-corrected chi connectivity index (χ4v) is 0.282. The Kier molecular flexibility index (Phi) is 4.07. The van der Waals surface area contributed by atoms with Crippen LogP contribution in [0.5, 0.6) is 0 Å². The van der Waals surface area contributed by atoms with Gasteiger partial charge in [-0.05, 0) is 6.92 Å². The molecule has 0 aromatic carbocycles. The van der Waals surface area contributed by atoms with Crippen LogP contribution in [0.25, 0.3) is 0 Å². The molecular weight excluding hydrogens is 112 g/mol. The lowest BCUT2D eigenvalue weighted by Crippen LogP contribution is -1.66.